The third-order valence-corrected chi connectivity index (χ3v) is 3.86. The van der Waals surface area contributed by atoms with Gasteiger partial charge < -0.3 is 10.1 Å². The Labute approximate surface area is 152 Å². The van der Waals surface area contributed by atoms with E-state index in [0.717, 1.165) is 16.3 Å². The maximum absolute atomic E-state index is 12.2. The van der Waals surface area contributed by atoms with Crippen LogP contribution in [-0.4, -0.2) is 25.0 Å². The summed E-state index contributed by atoms with van der Waals surface area (Å²) in [7, 11) is 0. The largest absolute Gasteiger partial charge is 0.460 e. The normalized spacial score (nSPS) is 10.8. The molecule has 0 saturated heterocycles. The van der Waals surface area contributed by atoms with Crippen LogP contribution in [0.5, 0.6) is 0 Å². The van der Waals surface area contributed by atoms with Crippen LogP contribution < -0.4 is 5.32 Å². The molecule has 0 fully saturated rings. The quantitative estimate of drug-likeness (QED) is 0.691. The summed E-state index contributed by atoms with van der Waals surface area (Å²) in [5.41, 5.74) is 1.55. The lowest BCUT2D eigenvalue weighted by Crippen LogP contribution is -2.30. The van der Waals surface area contributed by atoms with Crippen molar-refractivity contribution < 1.29 is 14.3 Å². The molecule has 0 spiro atoms. The third-order valence-electron chi connectivity index (χ3n) is 3.86. The average Bonchev–Trinajstić information content (AvgIpc) is 2.70. The fraction of sp³-hybridized carbons (Fsp3) is 0.0909. The molecule has 0 aromatic heterocycles. The van der Waals surface area contributed by atoms with Crippen LogP contribution in [0.15, 0.2) is 78.9 Å². The molecule has 0 unspecified atom stereocenters. The van der Waals surface area contributed by atoms with Crippen LogP contribution in [0.25, 0.3) is 16.8 Å². The van der Waals surface area contributed by atoms with Gasteiger partial charge in [0.15, 0.2) is 0 Å². The zero-order chi connectivity index (χ0) is 18.2. The molecule has 1 N–H and O–H groups in total. The van der Waals surface area contributed by atoms with Crippen molar-refractivity contribution in [2.45, 2.75) is 0 Å². The Kier molecular flexibility index (Phi) is 5.78. The van der Waals surface area contributed by atoms with Crippen LogP contribution in [0.2, 0.25) is 0 Å². The molecule has 3 rings (SSSR count). The Hall–Kier alpha value is -3.40. The first-order valence-electron chi connectivity index (χ1n) is 8.36. The molecule has 0 aliphatic heterocycles. The topological polar surface area (TPSA) is 55.4 Å². The maximum Gasteiger partial charge on any atom is 0.325 e. The predicted octanol–water partition coefficient (Wildman–Crippen LogP) is 3.83. The van der Waals surface area contributed by atoms with Gasteiger partial charge >= 0.3 is 5.97 Å². The minimum absolute atomic E-state index is 0.162. The van der Waals surface area contributed by atoms with Crippen molar-refractivity contribution >= 4 is 28.7 Å². The Morgan fingerprint density at radius 1 is 0.885 bits per heavy atom. The van der Waals surface area contributed by atoms with Crippen molar-refractivity contribution in [3.63, 3.8) is 0 Å². The minimum Gasteiger partial charge on any atom is -0.460 e. The molecule has 0 heterocycles. The van der Waals surface area contributed by atoms with Crippen molar-refractivity contribution in [3.05, 3.63) is 90.0 Å². The number of nitrogens with one attached hydrogen (secondary N) is 1. The molecule has 0 aliphatic carbocycles. The summed E-state index contributed by atoms with van der Waals surface area (Å²) in [4.78, 5) is 23.9. The van der Waals surface area contributed by atoms with Crippen molar-refractivity contribution in [1.29, 1.82) is 0 Å². The number of fused-ring (bicyclic) bond motifs is 1. The zero-order valence-electron chi connectivity index (χ0n) is 14.2. The summed E-state index contributed by atoms with van der Waals surface area (Å²) < 4.78 is 5.08. The summed E-state index contributed by atoms with van der Waals surface area (Å²) in [5, 5.41) is 4.63. The number of carbonyl (C=O) groups is 2. The van der Waals surface area contributed by atoms with Gasteiger partial charge in [-0.25, -0.2) is 0 Å². The number of ether oxygens (including phenoxy) is 1. The average molecular weight is 345 g/mol. The Bertz CT molecular complexity index is 932. The Balaban J connectivity index is 1.46. The van der Waals surface area contributed by atoms with Crippen molar-refractivity contribution in [2.24, 2.45) is 0 Å². The first kappa shape index (κ1) is 17.4. The smallest absolute Gasteiger partial charge is 0.325 e. The molecule has 130 valence electrons. The molecule has 3 aromatic rings. The summed E-state index contributed by atoms with van der Waals surface area (Å²) in [5.74, 6) is -0.774. The van der Waals surface area contributed by atoms with Gasteiger partial charge in [-0.3, -0.25) is 9.59 Å². The van der Waals surface area contributed by atoms with Crippen LogP contribution in [0, 0.1) is 0 Å². The van der Waals surface area contributed by atoms with Gasteiger partial charge in [-0.05, 0) is 34.5 Å². The van der Waals surface area contributed by atoms with Crippen LogP contribution in [0.1, 0.15) is 15.9 Å². The van der Waals surface area contributed by atoms with E-state index >= 15 is 0 Å². The van der Waals surface area contributed by atoms with Gasteiger partial charge in [0.1, 0.15) is 13.2 Å². The summed E-state index contributed by atoms with van der Waals surface area (Å²) in [6.07, 6.45) is 3.64. The highest BCUT2D eigenvalue weighted by Crippen LogP contribution is 2.15. The molecule has 4 heteroatoms. The van der Waals surface area contributed by atoms with E-state index in [1.165, 1.54) is 0 Å². The molecule has 0 bridgehead atoms. The summed E-state index contributed by atoms with van der Waals surface area (Å²) in [6, 6.07) is 23.0. The maximum atomic E-state index is 12.2. The van der Waals surface area contributed by atoms with E-state index in [1.807, 2.05) is 66.7 Å². The molecule has 0 saturated carbocycles. The zero-order valence-corrected chi connectivity index (χ0v) is 14.2. The Morgan fingerprint density at radius 3 is 2.42 bits per heavy atom. The van der Waals surface area contributed by atoms with Gasteiger partial charge in [-0.2, -0.15) is 0 Å². The van der Waals surface area contributed by atoms with Gasteiger partial charge in [0.25, 0.3) is 5.91 Å². The van der Waals surface area contributed by atoms with Crippen LogP contribution in [-0.2, 0) is 9.53 Å². The predicted molar refractivity (Wildman–Crippen MR) is 103 cm³/mol. The van der Waals surface area contributed by atoms with Crippen LogP contribution in [0.4, 0.5) is 0 Å². The minimum atomic E-state index is -0.475. The van der Waals surface area contributed by atoms with E-state index < -0.39 is 5.97 Å². The molecular formula is C22H19NO3. The first-order valence-corrected chi connectivity index (χ1v) is 8.36. The lowest BCUT2D eigenvalue weighted by Gasteiger charge is -2.06. The molecule has 0 aliphatic rings. The monoisotopic (exact) mass is 345 g/mol. The fourth-order valence-corrected chi connectivity index (χ4v) is 2.53. The van der Waals surface area contributed by atoms with Crippen molar-refractivity contribution in [2.75, 3.05) is 13.2 Å². The second-order valence-electron chi connectivity index (χ2n) is 5.74. The number of hydrogen-bond acceptors (Lipinski definition) is 3. The molecule has 0 radical (unpaired) electrons. The number of hydrogen-bond donors (Lipinski definition) is 1. The molecule has 0 atom stereocenters. The lowest BCUT2D eigenvalue weighted by molar-refractivity contribution is -0.141. The number of carbonyl (C=O) groups excluding carboxylic acids is 2. The van der Waals surface area contributed by atoms with E-state index in [-0.39, 0.29) is 19.1 Å². The lowest BCUT2D eigenvalue weighted by atomic mass is 10.1. The van der Waals surface area contributed by atoms with Gasteiger partial charge in [0, 0.05) is 5.56 Å². The van der Waals surface area contributed by atoms with Crippen LogP contribution >= 0.6 is 0 Å². The highest BCUT2D eigenvalue weighted by Gasteiger charge is 2.09. The molecule has 4 nitrogen and oxygen atoms in total. The standard InChI is InChI=1S/C22H19NO3/c24-21(26-14-6-9-17-7-2-1-3-8-17)16-23-22(25)20-13-12-18-10-4-5-11-19(18)15-20/h1-13,15H,14,16H2,(H,23,25)/b9-6+. The first-order chi connectivity index (χ1) is 12.7. The van der Waals surface area contributed by atoms with Crippen molar-refractivity contribution in [1.82, 2.24) is 5.32 Å². The third kappa shape index (κ3) is 4.80. The van der Waals surface area contributed by atoms with Crippen molar-refractivity contribution in [3.8, 4) is 0 Å². The van der Waals surface area contributed by atoms with E-state index in [4.69, 9.17) is 4.74 Å². The second-order valence-corrected chi connectivity index (χ2v) is 5.74. The van der Waals surface area contributed by atoms with E-state index in [0.29, 0.717) is 5.56 Å². The summed E-state index contributed by atoms with van der Waals surface area (Å²) in [6.45, 7) is 0.00437. The van der Waals surface area contributed by atoms with Gasteiger partial charge in [0.05, 0.1) is 0 Å². The highest BCUT2D eigenvalue weighted by atomic mass is 16.5. The Morgan fingerprint density at radius 2 is 1.62 bits per heavy atom. The van der Waals surface area contributed by atoms with E-state index in [1.54, 1.807) is 18.2 Å². The summed E-state index contributed by atoms with van der Waals surface area (Å²) >= 11 is 0. The molecule has 1 amide bonds. The number of amides is 1. The molecular weight excluding hydrogens is 326 g/mol. The number of esters is 1. The fourth-order valence-electron chi connectivity index (χ4n) is 2.53. The second kappa shape index (κ2) is 8.62. The SMILES string of the molecule is O=C(CNC(=O)c1ccc2ccccc2c1)OC/C=C/c1ccccc1. The van der Waals surface area contributed by atoms with E-state index in [2.05, 4.69) is 5.32 Å². The van der Waals surface area contributed by atoms with E-state index in [9.17, 15) is 9.59 Å². The number of rotatable bonds is 6. The van der Waals surface area contributed by atoms with Crippen LogP contribution in [0.3, 0.4) is 0 Å². The molecule has 3 aromatic carbocycles. The molecule has 26 heavy (non-hydrogen) atoms. The van der Waals surface area contributed by atoms with Gasteiger partial charge in [-0.1, -0.05) is 66.7 Å². The van der Waals surface area contributed by atoms with Gasteiger partial charge in [-0.15, -0.1) is 0 Å². The number of benzene rings is 3. The van der Waals surface area contributed by atoms with Gasteiger partial charge in [0.2, 0.25) is 0 Å². The highest BCUT2D eigenvalue weighted by molar-refractivity contribution is 5.99.